The van der Waals surface area contributed by atoms with E-state index in [1.54, 1.807) is 11.1 Å². The van der Waals surface area contributed by atoms with Crippen LogP contribution in [0, 0.1) is 12.7 Å². The summed E-state index contributed by atoms with van der Waals surface area (Å²) in [5.41, 5.74) is 7.38. The SMILES string of the molecule is Cc1nc2nc(N[C@@H](C)c3cncc(F)c3)nc(C(=O)N3CCC(N)C3)c2s1. The number of carbonyl (C=O) groups excluding carboxylic acids is 1. The van der Waals surface area contributed by atoms with E-state index in [0.717, 1.165) is 17.6 Å². The fourth-order valence-electron chi connectivity index (χ4n) is 3.20. The Morgan fingerprint density at radius 2 is 2.21 bits per heavy atom. The van der Waals surface area contributed by atoms with Crippen LogP contribution in [0.5, 0.6) is 0 Å². The van der Waals surface area contributed by atoms with Crippen LogP contribution in [-0.4, -0.2) is 49.9 Å². The summed E-state index contributed by atoms with van der Waals surface area (Å²) >= 11 is 1.39. The number of nitrogens with one attached hydrogen (secondary N) is 1. The van der Waals surface area contributed by atoms with Crippen LogP contribution in [0.25, 0.3) is 10.3 Å². The molecule has 0 aliphatic carbocycles. The average Bonchev–Trinajstić information content (AvgIpc) is 3.25. The summed E-state index contributed by atoms with van der Waals surface area (Å²) in [6.45, 7) is 4.82. The lowest BCUT2D eigenvalue weighted by atomic mass is 10.1. The predicted octanol–water partition coefficient (Wildman–Crippen LogP) is 2.28. The number of hydrogen-bond donors (Lipinski definition) is 2. The molecule has 0 aromatic carbocycles. The quantitative estimate of drug-likeness (QED) is 0.690. The molecule has 28 heavy (non-hydrogen) atoms. The summed E-state index contributed by atoms with van der Waals surface area (Å²) in [6.07, 6.45) is 3.49. The molecule has 0 spiro atoms. The molecule has 10 heteroatoms. The van der Waals surface area contributed by atoms with Gasteiger partial charge in [-0.3, -0.25) is 9.78 Å². The van der Waals surface area contributed by atoms with Crippen molar-refractivity contribution in [3.8, 4) is 0 Å². The Morgan fingerprint density at radius 1 is 1.39 bits per heavy atom. The van der Waals surface area contributed by atoms with Crippen molar-refractivity contribution in [1.82, 2.24) is 24.8 Å². The van der Waals surface area contributed by atoms with Crippen molar-refractivity contribution in [2.75, 3.05) is 18.4 Å². The fraction of sp³-hybridized carbons (Fsp3) is 0.389. The second-order valence-corrected chi connectivity index (χ2v) is 8.09. The zero-order valence-corrected chi connectivity index (χ0v) is 16.3. The first-order valence-corrected chi connectivity index (χ1v) is 9.79. The van der Waals surface area contributed by atoms with E-state index < -0.39 is 5.82 Å². The van der Waals surface area contributed by atoms with Gasteiger partial charge in [0.05, 0.1) is 17.2 Å². The van der Waals surface area contributed by atoms with Crippen LogP contribution in [-0.2, 0) is 0 Å². The van der Waals surface area contributed by atoms with Crippen molar-refractivity contribution >= 4 is 33.5 Å². The summed E-state index contributed by atoms with van der Waals surface area (Å²) in [4.78, 5) is 31.9. The second kappa shape index (κ2) is 7.36. The van der Waals surface area contributed by atoms with Gasteiger partial charge in [-0.1, -0.05) is 0 Å². The molecular formula is C18H20FN7OS. The van der Waals surface area contributed by atoms with E-state index in [-0.39, 0.29) is 23.9 Å². The Bertz CT molecular complexity index is 1040. The standard InChI is InChI=1S/C18H20FN7OS/c1-9(11-5-12(19)7-21-6-11)22-18-24-14(15-16(25-18)23-10(2)28-15)17(27)26-4-3-13(20)8-26/h5-7,9,13H,3-4,8,20H2,1-2H3,(H,22,24,25)/t9-,13?/m0/s1. The Morgan fingerprint density at radius 3 is 2.93 bits per heavy atom. The number of aromatic nitrogens is 4. The highest BCUT2D eigenvalue weighted by Gasteiger charge is 2.28. The molecule has 4 rings (SSSR count). The van der Waals surface area contributed by atoms with E-state index in [1.165, 1.54) is 17.4 Å². The summed E-state index contributed by atoms with van der Waals surface area (Å²) in [5.74, 6) is -0.326. The molecule has 0 saturated carbocycles. The van der Waals surface area contributed by atoms with E-state index in [2.05, 4.69) is 25.3 Å². The van der Waals surface area contributed by atoms with E-state index in [9.17, 15) is 9.18 Å². The van der Waals surface area contributed by atoms with Crippen molar-refractivity contribution in [2.24, 2.45) is 5.73 Å². The van der Waals surface area contributed by atoms with Crippen molar-refractivity contribution in [2.45, 2.75) is 32.4 Å². The Kier molecular flexibility index (Phi) is 4.90. The minimum Gasteiger partial charge on any atom is -0.348 e. The van der Waals surface area contributed by atoms with Crippen molar-refractivity contribution in [3.05, 3.63) is 40.5 Å². The fourth-order valence-corrected chi connectivity index (χ4v) is 4.04. The number of aryl methyl sites for hydroxylation is 1. The van der Waals surface area contributed by atoms with Gasteiger partial charge in [0.1, 0.15) is 10.5 Å². The van der Waals surface area contributed by atoms with Gasteiger partial charge >= 0.3 is 0 Å². The summed E-state index contributed by atoms with van der Waals surface area (Å²) in [5, 5.41) is 3.92. The molecule has 1 unspecified atom stereocenters. The number of halogens is 1. The molecule has 1 amide bonds. The number of amides is 1. The highest BCUT2D eigenvalue weighted by molar-refractivity contribution is 7.18. The van der Waals surface area contributed by atoms with Gasteiger partial charge in [0.15, 0.2) is 11.3 Å². The van der Waals surface area contributed by atoms with Gasteiger partial charge in [-0.05, 0) is 31.9 Å². The molecule has 1 aliphatic rings. The normalized spacial score (nSPS) is 17.9. The first kappa shape index (κ1) is 18.6. The maximum Gasteiger partial charge on any atom is 0.274 e. The summed E-state index contributed by atoms with van der Waals surface area (Å²) < 4.78 is 14.1. The van der Waals surface area contributed by atoms with Gasteiger partial charge in [-0.25, -0.2) is 14.4 Å². The molecule has 0 bridgehead atoms. The van der Waals surface area contributed by atoms with Gasteiger partial charge < -0.3 is 16.0 Å². The van der Waals surface area contributed by atoms with Gasteiger partial charge in [-0.15, -0.1) is 11.3 Å². The number of pyridine rings is 1. The monoisotopic (exact) mass is 401 g/mol. The lowest BCUT2D eigenvalue weighted by Gasteiger charge is -2.17. The number of carbonyl (C=O) groups is 1. The first-order valence-electron chi connectivity index (χ1n) is 8.97. The number of anilines is 1. The van der Waals surface area contributed by atoms with Crippen LogP contribution in [0.15, 0.2) is 18.5 Å². The first-order chi connectivity index (χ1) is 13.4. The third-order valence-electron chi connectivity index (χ3n) is 4.65. The molecule has 2 atom stereocenters. The Hall–Kier alpha value is -2.72. The second-order valence-electron chi connectivity index (χ2n) is 6.88. The van der Waals surface area contributed by atoms with Crippen LogP contribution >= 0.6 is 11.3 Å². The minimum absolute atomic E-state index is 0.0115. The van der Waals surface area contributed by atoms with Crippen LogP contribution in [0.4, 0.5) is 10.3 Å². The molecule has 1 fully saturated rings. The largest absolute Gasteiger partial charge is 0.348 e. The third kappa shape index (κ3) is 3.65. The molecule has 0 radical (unpaired) electrons. The van der Waals surface area contributed by atoms with Gasteiger partial charge in [0.2, 0.25) is 5.95 Å². The van der Waals surface area contributed by atoms with Gasteiger partial charge in [-0.2, -0.15) is 4.98 Å². The number of likely N-dealkylation sites (tertiary alicyclic amines) is 1. The molecule has 3 N–H and O–H groups in total. The summed E-state index contributed by atoms with van der Waals surface area (Å²) in [6, 6.07) is 1.08. The molecule has 3 aromatic heterocycles. The lowest BCUT2D eigenvalue weighted by molar-refractivity contribution is 0.0787. The number of nitrogens with two attached hydrogens (primary N) is 1. The van der Waals surface area contributed by atoms with Crippen molar-refractivity contribution in [3.63, 3.8) is 0 Å². The minimum atomic E-state index is -0.418. The van der Waals surface area contributed by atoms with Crippen molar-refractivity contribution in [1.29, 1.82) is 0 Å². The van der Waals surface area contributed by atoms with E-state index in [1.807, 2.05) is 13.8 Å². The Balaban J connectivity index is 1.68. The van der Waals surface area contributed by atoms with Gasteiger partial charge in [0.25, 0.3) is 5.91 Å². The molecule has 146 valence electrons. The van der Waals surface area contributed by atoms with Crippen LogP contribution in [0.1, 0.15) is 40.4 Å². The van der Waals surface area contributed by atoms with E-state index in [0.29, 0.717) is 34.7 Å². The molecule has 1 aliphatic heterocycles. The topological polar surface area (TPSA) is 110 Å². The summed E-state index contributed by atoms with van der Waals surface area (Å²) in [7, 11) is 0. The van der Waals surface area contributed by atoms with Crippen LogP contribution in [0.2, 0.25) is 0 Å². The maximum absolute atomic E-state index is 13.5. The lowest BCUT2D eigenvalue weighted by Crippen LogP contribution is -2.32. The average molecular weight is 401 g/mol. The third-order valence-corrected chi connectivity index (χ3v) is 5.61. The van der Waals surface area contributed by atoms with Gasteiger partial charge in [0, 0.05) is 25.3 Å². The molecular weight excluding hydrogens is 381 g/mol. The van der Waals surface area contributed by atoms with Crippen LogP contribution < -0.4 is 11.1 Å². The highest BCUT2D eigenvalue weighted by atomic mass is 32.1. The molecule has 3 aromatic rings. The maximum atomic E-state index is 13.5. The molecule has 8 nitrogen and oxygen atoms in total. The van der Waals surface area contributed by atoms with E-state index in [4.69, 9.17) is 5.73 Å². The van der Waals surface area contributed by atoms with Crippen molar-refractivity contribution < 1.29 is 9.18 Å². The highest BCUT2D eigenvalue weighted by Crippen LogP contribution is 2.27. The number of rotatable bonds is 4. The Labute approximate surface area is 165 Å². The zero-order chi connectivity index (χ0) is 19.8. The smallest absolute Gasteiger partial charge is 0.274 e. The number of nitrogens with zero attached hydrogens (tertiary/aromatic N) is 5. The molecule has 4 heterocycles. The number of fused-ring (bicyclic) bond motifs is 1. The van der Waals surface area contributed by atoms with E-state index >= 15 is 0 Å². The predicted molar refractivity (Wildman–Crippen MR) is 105 cm³/mol. The molecule has 1 saturated heterocycles. The zero-order valence-electron chi connectivity index (χ0n) is 15.5. The van der Waals surface area contributed by atoms with Crippen LogP contribution in [0.3, 0.4) is 0 Å². The number of hydrogen-bond acceptors (Lipinski definition) is 8. The number of thiazole rings is 1.